The Hall–Kier alpha value is -2.47. The van der Waals surface area contributed by atoms with E-state index in [1.165, 1.54) is 11.8 Å². The van der Waals surface area contributed by atoms with E-state index in [4.69, 9.17) is 11.1 Å². The highest BCUT2D eigenvalue weighted by molar-refractivity contribution is 7.99. The van der Waals surface area contributed by atoms with Crippen molar-refractivity contribution in [1.82, 2.24) is 15.0 Å². The van der Waals surface area contributed by atoms with Gasteiger partial charge in [-0.05, 0) is 23.9 Å². The highest BCUT2D eigenvalue weighted by atomic mass is 32.2. The van der Waals surface area contributed by atoms with Gasteiger partial charge in [-0.15, -0.1) is 0 Å². The minimum atomic E-state index is -0.0123. The van der Waals surface area contributed by atoms with Crippen molar-refractivity contribution in [3.05, 3.63) is 54.5 Å². The van der Waals surface area contributed by atoms with Gasteiger partial charge in [-0.2, -0.15) is 0 Å². The number of nitrogens with one attached hydrogen (secondary N) is 1. The number of rotatable bonds is 3. The monoisotopic (exact) mass is 281 g/mol. The number of para-hydroxylation sites is 1. The van der Waals surface area contributed by atoms with E-state index in [9.17, 15) is 0 Å². The van der Waals surface area contributed by atoms with E-state index in [2.05, 4.69) is 15.0 Å². The molecule has 3 N–H and O–H groups in total. The third-order valence-corrected chi connectivity index (χ3v) is 3.79. The largest absolute Gasteiger partial charge is 0.384 e. The van der Waals surface area contributed by atoms with Gasteiger partial charge in [0, 0.05) is 34.4 Å². The predicted molar refractivity (Wildman–Crippen MR) is 78.9 cm³/mol. The molecule has 0 bridgehead atoms. The lowest BCUT2D eigenvalue weighted by atomic mass is 10.1. The van der Waals surface area contributed by atoms with Gasteiger partial charge in [0.2, 0.25) is 0 Å². The van der Waals surface area contributed by atoms with E-state index < -0.39 is 0 Å². The molecule has 0 atom stereocenters. The minimum Gasteiger partial charge on any atom is -0.384 e. The summed E-state index contributed by atoms with van der Waals surface area (Å²) in [6.07, 6.45) is 4.99. The fourth-order valence-electron chi connectivity index (χ4n) is 1.85. The number of pyridine rings is 1. The second-order valence-electron chi connectivity index (χ2n) is 4.07. The van der Waals surface area contributed by atoms with Crippen LogP contribution >= 0.6 is 11.8 Å². The summed E-state index contributed by atoms with van der Waals surface area (Å²) >= 11 is 1.39. The maximum Gasteiger partial charge on any atom is 0.192 e. The SMILES string of the molecule is N=C(N)c1cnc2ccccc2c1Sc1ncccn1. The smallest absolute Gasteiger partial charge is 0.192 e. The molecule has 3 rings (SSSR count). The molecule has 0 saturated heterocycles. The first-order chi connectivity index (χ1) is 9.75. The summed E-state index contributed by atoms with van der Waals surface area (Å²) < 4.78 is 0. The first-order valence-electron chi connectivity index (χ1n) is 5.93. The summed E-state index contributed by atoms with van der Waals surface area (Å²) in [4.78, 5) is 13.6. The summed E-state index contributed by atoms with van der Waals surface area (Å²) in [6, 6.07) is 9.51. The molecule has 98 valence electrons. The van der Waals surface area contributed by atoms with Crippen LogP contribution in [0.1, 0.15) is 5.56 Å². The van der Waals surface area contributed by atoms with Crippen molar-refractivity contribution >= 4 is 28.5 Å². The molecule has 0 radical (unpaired) electrons. The molecule has 1 aromatic carbocycles. The Kier molecular flexibility index (Phi) is 3.30. The molecule has 0 unspecified atom stereocenters. The van der Waals surface area contributed by atoms with E-state index in [0.717, 1.165) is 15.8 Å². The molecule has 6 heteroatoms. The summed E-state index contributed by atoms with van der Waals surface area (Å²) in [5.41, 5.74) is 7.10. The number of hydrogen-bond acceptors (Lipinski definition) is 5. The van der Waals surface area contributed by atoms with Gasteiger partial charge in [0.05, 0.1) is 5.52 Å². The molecule has 2 aromatic heterocycles. The van der Waals surface area contributed by atoms with Crippen molar-refractivity contribution in [2.24, 2.45) is 5.73 Å². The lowest BCUT2D eigenvalue weighted by Gasteiger charge is -2.10. The number of nitrogens with two attached hydrogens (primary N) is 1. The fourth-order valence-corrected chi connectivity index (χ4v) is 2.81. The summed E-state index contributed by atoms with van der Waals surface area (Å²) in [7, 11) is 0. The number of nitrogen functional groups attached to an aromatic ring is 1. The maximum absolute atomic E-state index is 7.70. The van der Waals surface area contributed by atoms with Crippen molar-refractivity contribution < 1.29 is 0 Å². The van der Waals surface area contributed by atoms with Gasteiger partial charge >= 0.3 is 0 Å². The Morgan fingerprint density at radius 3 is 2.55 bits per heavy atom. The fraction of sp³-hybridized carbons (Fsp3) is 0. The van der Waals surface area contributed by atoms with Gasteiger partial charge in [0.15, 0.2) is 5.16 Å². The van der Waals surface area contributed by atoms with Gasteiger partial charge < -0.3 is 5.73 Å². The Labute approximate surface area is 119 Å². The van der Waals surface area contributed by atoms with Gasteiger partial charge in [0.25, 0.3) is 0 Å². The van der Waals surface area contributed by atoms with Gasteiger partial charge in [0.1, 0.15) is 5.84 Å². The maximum atomic E-state index is 7.70. The molecular formula is C14H11N5S. The van der Waals surface area contributed by atoms with E-state index in [-0.39, 0.29) is 5.84 Å². The molecule has 0 spiro atoms. The topological polar surface area (TPSA) is 88.5 Å². The zero-order valence-corrected chi connectivity index (χ0v) is 11.3. The van der Waals surface area contributed by atoms with Crippen LogP contribution in [0.2, 0.25) is 0 Å². The zero-order chi connectivity index (χ0) is 13.9. The zero-order valence-electron chi connectivity index (χ0n) is 10.4. The molecule has 2 heterocycles. The molecule has 0 saturated carbocycles. The van der Waals surface area contributed by atoms with Crippen LogP contribution in [0.5, 0.6) is 0 Å². The van der Waals surface area contributed by atoms with Crippen LogP contribution < -0.4 is 5.73 Å². The molecule has 3 aromatic rings. The third-order valence-electron chi connectivity index (χ3n) is 2.75. The Morgan fingerprint density at radius 1 is 1.05 bits per heavy atom. The second kappa shape index (κ2) is 5.26. The Morgan fingerprint density at radius 2 is 1.80 bits per heavy atom. The van der Waals surface area contributed by atoms with Crippen LogP contribution in [-0.2, 0) is 0 Å². The predicted octanol–water partition coefficient (Wildman–Crippen LogP) is 2.46. The highest BCUT2D eigenvalue weighted by Crippen LogP contribution is 2.33. The van der Waals surface area contributed by atoms with E-state index in [1.807, 2.05) is 24.3 Å². The van der Waals surface area contributed by atoms with Crippen LogP contribution in [0.4, 0.5) is 0 Å². The molecule has 0 aliphatic carbocycles. The number of fused-ring (bicyclic) bond motifs is 1. The lowest BCUT2D eigenvalue weighted by Crippen LogP contribution is -2.13. The molecule has 5 nitrogen and oxygen atoms in total. The van der Waals surface area contributed by atoms with Crippen molar-refractivity contribution in [2.45, 2.75) is 10.1 Å². The molecule has 0 amide bonds. The summed E-state index contributed by atoms with van der Waals surface area (Å²) in [5.74, 6) is -0.0123. The second-order valence-corrected chi connectivity index (χ2v) is 5.04. The van der Waals surface area contributed by atoms with Crippen molar-refractivity contribution in [2.75, 3.05) is 0 Å². The van der Waals surface area contributed by atoms with E-state index in [1.54, 1.807) is 24.7 Å². The number of benzene rings is 1. The van der Waals surface area contributed by atoms with Gasteiger partial charge in [-0.1, -0.05) is 18.2 Å². The standard InChI is InChI=1S/C14H11N5S/c15-13(16)10-8-19-11-5-2-1-4-9(11)12(10)20-14-17-6-3-7-18-14/h1-8H,(H3,15,16). The third kappa shape index (κ3) is 2.33. The lowest BCUT2D eigenvalue weighted by molar-refractivity contribution is 0.967. The van der Waals surface area contributed by atoms with E-state index >= 15 is 0 Å². The molecular weight excluding hydrogens is 270 g/mol. The Bertz CT molecular complexity index is 773. The summed E-state index contributed by atoms with van der Waals surface area (Å²) in [6.45, 7) is 0. The normalized spacial score (nSPS) is 10.6. The average molecular weight is 281 g/mol. The molecule has 0 aliphatic rings. The van der Waals surface area contributed by atoms with Crippen molar-refractivity contribution in [3.63, 3.8) is 0 Å². The number of amidine groups is 1. The van der Waals surface area contributed by atoms with Gasteiger partial charge in [-0.25, -0.2) is 9.97 Å². The molecule has 20 heavy (non-hydrogen) atoms. The Balaban J connectivity index is 2.20. The quantitative estimate of drug-likeness (QED) is 0.437. The van der Waals surface area contributed by atoms with Crippen LogP contribution in [0.15, 0.2) is 59.0 Å². The van der Waals surface area contributed by atoms with E-state index in [0.29, 0.717) is 10.7 Å². The van der Waals surface area contributed by atoms with Crippen molar-refractivity contribution in [1.29, 1.82) is 5.41 Å². The van der Waals surface area contributed by atoms with Crippen LogP contribution in [0.25, 0.3) is 10.9 Å². The van der Waals surface area contributed by atoms with Crippen LogP contribution in [0.3, 0.4) is 0 Å². The highest BCUT2D eigenvalue weighted by Gasteiger charge is 2.13. The van der Waals surface area contributed by atoms with Crippen LogP contribution in [-0.4, -0.2) is 20.8 Å². The average Bonchev–Trinajstić information content (AvgIpc) is 2.48. The number of nitrogens with zero attached hydrogens (tertiary/aromatic N) is 3. The summed E-state index contributed by atoms with van der Waals surface area (Å²) in [5, 5.41) is 9.26. The van der Waals surface area contributed by atoms with Gasteiger partial charge in [-0.3, -0.25) is 10.4 Å². The first-order valence-corrected chi connectivity index (χ1v) is 6.74. The number of aromatic nitrogens is 3. The first kappa shape index (κ1) is 12.6. The minimum absolute atomic E-state index is 0.0123. The van der Waals surface area contributed by atoms with Crippen LogP contribution in [0, 0.1) is 5.41 Å². The molecule has 0 fully saturated rings. The number of hydrogen-bond donors (Lipinski definition) is 2. The molecule has 0 aliphatic heterocycles. The van der Waals surface area contributed by atoms with Crippen molar-refractivity contribution in [3.8, 4) is 0 Å².